The molecule has 4 rings (SSSR count). The number of terminal acetylenes is 1. The highest BCUT2D eigenvalue weighted by molar-refractivity contribution is 5.83. The van der Waals surface area contributed by atoms with Crippen LogP contribution in [-0.2, 0) is 4.79 Å². The zero-order valence-corrected chi connectivity index (χ0v) is 12.2. The van der Waals surface area contributed by atoms with Gasteiger partial charge in [0.25, 0.3) is 0 Å². The number of amides is 1. The van der Waals surface area contributed by atoms with E-state index < -0.39 is 0 Å². The van der Waals surface area contributed by atoms with Crippen LogP contribution in [0.1, 0.15) is 58.8 Å². The first-order chi connectivity index (χ1) is 8.98. The third-order valence-electron chi connectivity index (χ3n) is 5.75. The normalized spacial score (nSPS) is 44.7. The van der Waals surface area contributed by atoms with Crippen molar-refractivity contribution in [2.75, 3.05) is 0 Å². The Hall–Kier alpha value is -0.970. The van der Waals surface area contributed by atoms with Crippen molar-refractivity contribution in [3.63, 3.8) is 0 Å². The molecule has 0 saturated heterocycles. The molecule has 4 bridgehead atoms. The molecule has 0 heterocycles. The third kappa shape index (κ3) is 2.08. The Morgan fingerprint density at radius 2 is 2.00 bits per heavy atom. The molecule has 1 N–H and O–H groups in total. The minimum atomic E-state index is -0.0941. The van der Waals surface area contributed by atoms with Crippen molar-refractivity contribution in [2.24, 2.45) is 22.7 Å². The Morgan fingerprint density at radius 3 is 2.47 bits per heavy atom. The van der Waals surface area contributed by atoms with E-state index in [1.807, 2.05) is 6.92 Å². The first-order valence-corrected chi connectivity index (χ1v) is 7.76. The Balaban J connectivity index is 1.80. The van der Waals surface area contributed by atoms with Crippen molar-refractivity contribution in [3.05, 3.63) is 0 Å². The van der Waals surface area contributed by atoms with Gasteiger partial charge in [0.05, 0.1) is 11.5 Å². The van der Waals surface area contributed by atoms with Gasteiger partial charge in [0, 0.05) is 0 Å². The first-order valence-electron chi connectivity index (χ1n) is 7.76. The molecule has 1 amide bonds. The van der Waals surface area contributed by atoms with E-state index in [2.05, 4.69) is 18.2 Å². The van der Waals surface area contributed by atoms with Gasteiger partial charge in [-0.25, -0.2) is 0 Å². The van der Waals surface area contributed by atoms with E-state index in [4.69, 9.17) is 6.42 Å². The standard InChI is InChI=1S/C17H25NO/c1-4-14(5-2)18-15(19)17-9-12-6-13(10-17)8-16(3,7-12)11-17/h1,12-14H,5-11H2,2-3H3,(H,18,19). The van der Waals surface area contributed by atoms with Crippen molar-refractivity contribution in [2.45, 2.75) is 64.8 Å². The average Bonchev–Trinajstić information content (AvgIpc) is 2.32. The molecule has 2 heteroatoms. The van der Waals surface area contributed by atoms with Crippen LogP contribution in [0, 0.1) is 35.0 Å². The molecule has 0 spiro atoms. The molecule has 0 aromatic heterocycles. The lowest BCUT2D eigenvalue weighted by molar-refractivity contribution is -0.155. The maximum Gasteiger partial charge on any atom is 0.227 e. The van der Waals surface area contributed by atoms with E-state index in [1.54, 1.807) is 0 Å². The summed E-state index contributed by atoms with van der Waals surface area (Å²) in [4.78, 5) is 12.8. The van der Waals surface area contributed by atoms with Crippen LogP contribution in [0.15, 0.2) is 0 Å². The highest BCUT2D eigenvalue weighted by atomic mass is 16.2. The van der Waals surface area contributed by atoms with Crippen LogP contribution in [0.2, 0.25) is 0 Å². The highest BCUT2D eigenvalue weighted by Crippen LogP contribution is 2.65. The topological polar surface area (TPSA) is 29.1 Å². The van der Waals surface area contributed by atoms with Crippen molar-refractivity contribution >= 4 is 5.91 Å². The lowest BCUT2D eigenvalue weighted by Crippen LogP contribution is -2.57. The zero-order chi connectivity index (χ0) is 13.7. The summed E-state index contributed by atoms with van der Waals surface area (Å²) < 4.78 is 0. The number of carbonyl (C=O) groups is 1. The zero-order valence-electron chi connectivity index (χ0n) is 12.2. The SMILES string of the molecule is C#CC(CC)NC(=O)C12CC3CC(CC(C)(C3)C1)C2. The van der Waals surface area contributed by atoms with Gasteiger partial charge >= 0.3 is 0 Å². The molecule has 3 unspecified atom stereocenters. The largest absolute Gasteiger partial charge is 0.342 e. The van der Waals surface area contributed by atoms with Gasteiger partial charge in [0.15, 0.2) is 0 Å². The van der Waals surface area contributed by atoms with Gasteiger partial charge in [-0.05, 0) is 62.2 Å². The van der Waals surface area contributed by atoms with Crippen molar-refractivity contribution in [1.29, 1.82) is 0 Å². The molecule has 4 fully saturated rings. The van der Waals surface area contributed by atoms with Crippen LogP contribution in [0.4, 0.5) is 0 Å². The maximum absolute atomic E-state index is 12.8. The number of nitrogens with one attached hydrogen (secondary N) is 1. The molecular weight excluding hydrogens is 234 g/mol. The molecule has 4 saturated carbocycles. The second-order valence-electron chi connectivity index (χ2n) is 7.65. The minimum Gasteiger partial charge on any atom is -0.342 e. The summed E-state index contributed by atoms with van der Waals surface area (Å²) in [6.07, 6.45) is 13.6. The van der Waals surface area contributed by atoms with E-state index in [9.17, 15) is 4.79 Å². The van der Waals surface area contributed by atoms with Gasteiger partial charge in [0.1, 0.15) is 0 Å². The Labute approximate surface area is 116 Å². The molecule has 3 atom stereocenters. The van der Waals surface area contributed by atoms with Crippen molar-refractivity contribution < 1.29 is 4.79 Å². The minimum absolute atomic E-state index is 0.0895. The summed E-state index contributed by atoms with van der Waals surface area (Å²) in [5.74, 6) is 4.50. The average molecular weight is 259 g/mol. The quantitative estimate of drug-likeness (QED) is 0.775. The lowest BCUT2D eigenvalue weighted by Gasteiger charge is -2.60. The molecule has 0 aromatic carbocycles. The molecule has 0 radical (unpaired) electrons. The molecule has 4 aliphatic carbocycles. The van der Waals surface area contributed by atoms with E-state index in [-0.39, 0.29) is 17.4 Å². The van der Waals surface area contributed by atoms with Crippen molar-refractivity contribution in [3.8, 4) is 12.3 Å². The van der Waals surface area contributed by atoms with E-state index in [1.165, 1.54) is 19.3 Å². The Morgan fingerprint density at radius 1 is 1.37 bits per heavy atom. The van der Waals surface area contributed by atoms with Crippen LogP contribution in [0.5, 0.6) is 0 Å². The molecule has 104 valence electrons. The number of rotatable bonds is 3. The summed E-state index contributed by atoms with van der Waals surface area (Å²) in [5, 5.41) is 3.12. The maximum atomic E-state index is 12.8. The van der Waals surface area contributed by atoms with E-state index in [0.29, 0.717) is 5.41 Å². The summed E-state index contributed by atoms with van der Waals surface area (Å²) >= 11 is 0. The third-order valence-corrected chi connectivity index (χ3v) is 5.75. The Bertz CT molecular complexity index is 419. The molecule has 0 aliphatic heterocycles. The van der Waals surface area contributed by atoms with E-state index in [0.717, 1.165) is 37.5 Å². The Kier molecular flexibility index (Phi) is 2.93. The fourth-order valence-corrected chi connectivity index (χ4v) is 5.56. The van der Waals surface area contributed by atoms with Crippen LogP contribution < -0.4 is 5.32 Å². The van der Waals surface area contributed by atoms with Crippen LogP contribution >= 0.6 is 0 Å². The van der Waals surface area contributed by atoms with Gasteiger partial charge < -0.3 is 5.32 Å². The predicted octanol–water partition coefficient (Wildman–Crippen LogP) is 3.12. The summed E-state index contributed by atoms with van der Waals surface area (Å²) in [5.41, 5.74) is 0.322. The van der Waals surface area contributed by atoms with Gasteiger partial charge in [-0.1, -0.05) is 19.8 Å². The molecule has 0 aromatic rings. The fourth-order valence-electron chi connectivity index (χ4n) is 5.56. The van der Waals surface area contributed by atoms with Crippen molar-refractivity contribution in [1.82, 2.24) is 5.32 Å². The smallest absolute Gasteiger partial charge is 0.227 e. The van der Waals surface area contributed by atoms with E-state index >= 15 is 0 Å². The van der Waals surface area contributed by atoms with Gasteiger partial charge in [-0.15, -0.1) is 6.42 Å². The van der Waals surface area contributed by atoms with Gasteiger partial charge in [-0.2, -0.15) is 0 Å². The summed E-state index contributed by atoms with van der Waals surface area (Å²) in [6.45, 7) is 4.43. The summed E-state index contributed by atoms with van der Waals surface area (Å²) in [7, 11) is 0. The second kappa shape index (κ2) is 4.27. The van der Waals surface area contributed by atoms with Crippen LogP contribution in [0.25, 0.3) is 0 Å². The number of carbonyl (C=O) groups excluding carboxylic acids is 1. The predicted molar refractivity (Wildman–Crippen MR) is 76.3 cm³/mol. The van der Waals surface area contributed by atoms with Gasteiger partial charge in [-0.3, -0.25) is 4.79 Å². The molecule has 19 heavy (non-hydrogen) atoms. The number of hydrogen-bond acceptors (Lipinski definition) is 1. The number of hydrogen-bond donors (Lipinski definition) is 1. The second-order valence-corrected chi connectivity index (χ2v) is 7.65. The highest BCUT2D eigenvalue weighted by Gasteiger charge is 2.58. The fraction of sp³-hybridized carbons (Fsp3) is 0.824. The molecule has 4 aliphatic rings. The van der Waals surface area contributed by atoms with Crippen LogP contribution in [-0.4, -0.2) is 11.9 Å². The molecular formula is C17H25NO. The first kappa shape index (κ1) is 13.0. The molecule has 2 nitrogen and oxygen atoms in total. The van der Waals surface area contributed by atoms with Gasteiger partial charge in [0.2, 0.25) is 5.91 Å². The summed E-state index contributed by atoms with van der Waals surface area (Å²) in [6, 6.07) is -0.0895. The lowest BCUT2D eigenvalue weighted by atomic mass is 9.44. The van der Waals surface area contributed by atoms with Crippen LogP contribution in [0.3, 0.4) is 0 Å². The monoisotopic (exact) mass is 259 g/mol.